The lowest BCUT2D eigenvalue weighted by molar-refractivity contribution is 0.319. The standard InChI is InChI=1S/C15H26N2O/c1-6-10-18-14-9-7-8-13(15(14)16)17(5)12(4)11(2)3/h7-9,11-12H,6,10,16H2,1-5H3. The highest BCUT2D eigenvalue weighted by Crippen LogP contribution is 2.33. The zero-order valence-corrected chi connectivity index (χ0v) is 12.2. The highest BCUT2D eigenvalue weighted by Gasteiger charge is 2.17. The SMILES string of the molecule is CCCOc1cccc(N(C)C(C)C(C)C)c1N. The Kier molecular flexibility index (Phi) is 5.32. The summed E-state index contributed by atoms with van der Waals surface area (Å²) in [4.78, 5) is 2.22. The molecule has 0 aliphatic heterocycles. The van der Waals surface area contributed by atoms with Crippen LogP contribution in [0.1, 0.15) is 34.1 Å². The molecule has 0 aliphatic rings. The van der Waals surface area contributed by atoms with Crippen molar-refractivity contribution in [2.24, 2.45) is 5.92 Å². The van der Waals surface area contributed by atoms with Gasteiger partial charge in [-0.15, -0.1) is 0 Å². The molecule has 18 heavy (non-hydrogen) atoms. The molecule has 2 N–H and O–H groups in total. The molecule has 1 unspecified atom stereocenters. The Morgan fingerprint density at radius 2 is 1.94 bits per heavy atom. The molecule has 0 radical (unpaired) electrons. The predicted octanol–water partition coefficient (Wildman–Crippen LogP) is 3.54. The van der Waals surface area contributed by atoms with E-state index in [0.29, 0.717) is 18.6 Å². The molecule has 0 fully saturated rings. The third-order valence-electron chi connectivity index (χ3n) is 3.46. The fourth-order valence-electron chi connectivity index (χ4n) is 1.84. The number of hydrogen-bond acceptors (Lipinski definition) is 3. The number of ether oxygens (including phenoxy) is 1. The van der Waals surface area contributed by atoms with E-state index in [9.17, 15) is 0 Å². The Hall–Kier alpha value is -1.38. The summed E-state index contributed by atoms with van der Waals surface area (Å²) in [6.07, 6.45) is 0.988. The monoisotopic (exact) mass is 250 g/mol. The number of rotatable bonds is 6. The fourth-order valence-corrected chi connectivity index (χ4v) is 1.84. The number of benzene rings is 1. The second kappa shape index (κ2) is 6.53. The molecular formula is C15H26N2O. The Morgan fingerprint density at radius 3 is 2.50 bits per heavy atom. The summed E-state index contributed by atoms with van der Waals surface area (Å²) < 4.78 is 5.67. The number of para-hydroxylation sites is 1. The number of anilines is 2. The molecule has 1 rings (SSSR count). The van der Waals surface area contributed by atoms with Crippen molar-refractivity contribution in [2.45, 2.75) is 40.2 Å². The van der Waals surface area contributed by atoms with Crippen molar-refractivity contribution in [2.75, 3.05) is 24.3 Å². The van der Waals surface area contributed by atoms with E-state index < -0.39 is 0 Å². The minimum Gasteiger partial charge on any atom is -0.491 e. The van der Waals surface area contributed by atoms with Crippen LogP contribution < -0.4 is 15.4 Å². The maximum absolute atomic E-state index is 6.20. The first-order valence-corrected chi connectivity index (χ1v) is 6.73. The van der Waals surface area contributed by atoms with E-state index in [0.717, 1.165) is 23.5 Å². The second-order valence-corrected chi connectivity index (χ2v) is 5.13. The topological polar surface area (TPSA) is 38.5 Å². The normalized spacial score (nSPS) is 12.6. The van der Waals surface area contributed by atoms with Crippen LogP contribution in [0.2, 0.25) is 0 Å². The van der Waals surface area contributed by atoms with Crippen LogP contribution in [-0.4, -0.2) is 19.7 Å². The lowest BCUT2D eigenvalue weighted by atomic mass is 10.0. The molecule has 0 spiro atoms. The Morgan fingerprint density at radius 1 is 1.28 bits per heavy atom. The fraction of sp³-hybridized carbons (Fsp3) is 0.600. The first-order chi connectivity index (χ1) is 8.49. The average molecular weight is 250 g/mol. The average Bonchev–Trinajstić information content (AvgIpc) is 2.35. The van der Waals surface area contributed by atoms with E-state index >= 15 is 0 Å². The summed E-state index contributed by atoms with van der Waals surface area (Å²) in [6.45, 7) is 9.44. The van der Waals surface area contributed by atoms with Crippen LogP contribution in [0.25, 0.3) is 0 Å². The van der Waals surface area contributed by atoms with E-state index in [2.05, 4.69) is 39.6 Å². The van der Waals surface area contributed by atoms with Gasteiger partial charge in [-0.25, -0.2) is 0 Å². The molecule has 3 heteroatoms. The molecule has 0 saturated carbocycles. The third-order valence-corrected chi connectivity index (χ3v) is 3.46. The lowest BCUT2D eigenvalue weighted by Gasteiger charge is -2.31. The Balaban J connectivity index is 2.95. The quantitative estimate of drug-likeness (QED) is 0.785. The third kappa shape index (κ3) is 3.31. The summed E-state index contributed by atoms with van der Waals surface area (Å²) in [5.41, 5.74) is 7.98. The molecule has 0 amide bonds. The smallest absolute Gasteiger partial charge is 0.144 e. The highest BCUT2D eigenvalue weighted by molar-refractivity contribution is 5.74. The number of nitrogens with zero attached hydrogens (tertiary/aromatic N) is 1. The molecule has 0 aliphatic carbocycles. The van der Waals surface area contributed by atoms with Crippen molar-refractivity contribution in [3.8, 4) is 5.75 Å². The molecule has 3 nitrogen and oxygen atoms in total. The Bertz CT molecular complexity index is 377. The molecule has 1 aromatic carbocycles. The number of nitrogens with two attached hydrogens (primary N) is 1. The van der Waals surface area contributed by atoms with Crippen LogP contribution in [0, 0.1) is 5.92 Å². The van der Waals surface area contributed by atoms with Crippen LogP contribution >= 0.6 is 0 Å². The van der Waals surface area contributed by atoms with Crippen molar-refractivity contribution < 1.29 is 4.74 Å². The lowest BCUT2D eigenvalue weighted by Crippen LogP contribution is -2.33. The largest absolute Gasteiger partial charge is 0.491 e. The predicted molar refractivity (Wildman–Crippen MR) is 79.3 cm³/mol. The van der Waals surface area contributed by atoms with E-state index in [4.69, 9.17) is 10.5 Å². The zero-order chi connectivity index (χ0) is 13.7. The van der Waals surface area contributed by atoms with Crippen LogP contribution in [0.15, 0.2) is 18.2 Å². The van der Waals surface area contributed by atoms with Gasteiger partial charge in [0.05, 0.1) is 18.0 Å². The first-order valence-electron chi connectivity index (χ1n) is 6.73. The van der Waals surface area contributed by atoms with Gasteiger partial charge in [0.1, 0.15) is 5.75 Å². The zero-order valence-electron chi connectivity index (χ0n) is 12.2. The minimum absolute atomic E-state index is 0.439. The van der Waals surface area contributed by atoms with Crippen molar-refractivity contribution in [1.82, 2.24) is 0 Å². The van der Waals surface area contributed by atoms with Gasteiger partial charge in [0.2, 0.25) is 0 Å². The molecule has 1 atom stereocenters. The highest BCUT2D eigenvalue weighted by atomic mass is 16.5. The van der Waals surface area contributed by atoms with Gasteiger partial charge in [-0.2, -0.15) is 0 Å². The van der Waals surface area contributed by atoms with Crippen LogP contribution in [-0.2, 0) is 0 Å². The van der Waals surface area contributed by atoms with Gasteiger partial charge in [0.25, 0.3) is 0 Å². The summed E-state index contributed by atoms with van der Waals surface area (Å²) >= 11 is 0. The summed E-state index contributed by atoms with van der Waals surface area (Å²) in [7, 11) is 2.08. The summed E-state index contributed by atoms with van der Waals surface area (Å²) in [5, 5.41) is 0. The molecule has 1 aromatic rings. The van der Waals surface area contributed by atoms with Crippen molar-refractivity contribution in [1.29, 1.82) is 0 Å². The van der Waals surface area contributed by atoms with E-state index in [1.54, 1.807) is 0 Å². The van der Waals surface area contributed by atoms with E-state index in [-0.39, 0.29) is 0 Å². The molecule has 0 saturated heterocycles. The molecular weight excluding hydrogens is 224 g/mol. The maximum atomic E-state index is 6.20. The van der Waals surface area contributed by atoms with Crippen LogP contribution in [0.5, 0.6) is 5.75 Å². The molecule has 0 aromatic heterocycles. The van der Waals surface area contributed by atoms with Crippen molar-refractivity contribution in [3.63, 3.8) is 0 Å². The summed E-state index contributed by atoms with van der Waals surface area (Å²) in [5.74, 6) is 1.37. The van der Waals surface area contributed by atoms with Crippen molar-refractivity contribution >= 4 is 11.4 Å². The molecule has 102 valence electrons. The number of hydrogen-bond donors (Lipinski definition) is 1. The minimum atomic E-state index is 0.439. The maximum Gasteiger partial charge on any atom is 0.144 e. The molecule has 0 heterocycles. The van der Waals surface area contributed by atoms with Gasteiger partial charge >= 0.3 is 0 Å². The summed E-state index contributed by atoms with van der Waals surface area (Å²) in [6, 6.07) is 6.42. The van der Waals surface area contributed by atoms with Gasteiger partial charge < -0.3 is 15.4 Å². The van der Waals surface area contributed by atoms with Crippen LogP contribution in [0.3, 0.4) is 0 Å². The number of nitrogen functional groups attached to an aromatic ring is 1. The van der Waals surface area contributed by atoms with Crippen LogP contribution in [0.4, 0.5) is 11.4 Å². The van der Waals surface area contributed by atoms with Gasteiger partial charge in [-0.3, -0.25) is 0 Å². The van der Waals surface area contributed by atoms with Gasteiger partial charge in [-0.1, -0.05) is 26.8 Å². The first kappa shape index (κ1) is 14.7. The van der Waals surface area contributed by atoms with E-state index in [1.165, 1.54) is 0 Å². The second-order valence-electron chi connectivity index (χ2n) is 5.13. The van der Waals surface area contributed by atoms with Crippen molar-refractivity contribution in [3.05, 3.63) is 18.2 Å². The molecule has 0 bridgehead atoms. The van der Waals surface area contributed by atoms with Gasteiger partial charge in [-0.05, 0) is 31.4 Å². The van der Waals surface area contributed by atoms with Gasteiger partial charge in [0, 0.05) is 13.1 Å². The Labute approximate surface area is 111 Å². The van der Waals surface area contributed by atoms with E-state index in [1.807, 2.05) is 18.2 Å². The van der Waals surface area contributed by atoms with Gasteiger partial charge in [0.15, 0.2) is 0 Å².